The zero-order valence-corrected chi connectivity index (χ0v) is 14.2. The molecule has 0 amide bonds. The number of pyridine rings is 1. The van der Waals surface area contributed by atoms with E-state index in [4.69, 9.17) is 9.47 Å². The van der Waals surface area contributed by atoms with Gasteiger partial charge in [-0.15, -0.1) is 0 Å². The Morgan fingerprint density at radius 2 is 1.96 bits per heavy atom. The third kappa shape index (κ3) is 4.04. The number of carbonyl (C=O) groups is 1. The maximum atomic E-state index is 12.1. The fourth-order valence-corrected chi connectivity index (χ4v) is 2.62. The number of aromatic nitrogens is 1. The summed E-state index contributed by atoms with van der Waals surface area (Å²) >= 11 is 0. The zero-order chi connectivity index (χ0) is 17.6. The van der Waals surface area contributed by atoms with Crippen molar-refractivity contribution in [2.75, 3.05) is 7.11 Å². The van der Waals surface area contributed by atoms with E-state index in [0.717, 1.165) is 22.3 Å². The molecule has 0 radical (unpaired) electrons. The minimum Gasteiger partial charge on any atom is -0.487 e. The normalized spacial score (nSPS) is 10.3. The van der Waals surface area contributed by atoms with Gasteiger partial charge < -0.3 is 9.47 Å². The molecule has 3 aromatic rings. The van der Waals surface area contributed by atoms with E-state index in [9.17, 15) is 4.79 Å². The van der Waals surface area contributed by atoms with Gasteiger partial charge in [-0.05, 0) is 47.9 Å². The molecule has 4 nitrogen and oxygen atoms in total. The molecule has 25 heavy (non-hydrogen) atoms. The number of benzene rings is 2. The molecule has 2 aromatic carbocycles. The summed E-state index contributed by atoms with van der Waals surface area (Å²) in [5.74, 6) is 0.355. The Morgan fingerprint density at radius 1 is 1.08 bits per heavy atom. The van der Waals surface area contributed by atoms with Crippen LogP contribution in [0.1, 0.15) is 21.5 Å². The maximum Gasteiger partial charge on any atom is 0.338 e. The Kier molecular flexibility index (Phi) is 5.09. The highest BCUT2D eigenvalue weighted by atomic mass is 16.5. The van der Waals surface area contributed by atoms with E-state index < -0.39 is 0 Å². The van der Waals surface area contributed by atoms with Gasteiger partial charge in [-0.25, -0.2) is 4.79 Å². The van der Waals surface area contributed by atoms with Crippen molar-refractivity contribution in [3.05, 3.63) is 83.7 Å². The van der Waals surface area contributed by atoms with E-state index in [1.807, 2.05) is 55.5 Å². The summed E-state index contributed by atoms with van der Waals surface area (Å²) < 4.78 is 10.7. The van der Waals surface area contributed by atoms with Crippen molar-refractivity contribution in [2.45, 2.75) is 13.5 Å². The van der Waals surface area contributed by atoms with Crippen molar-refractivity contribution < 1.29 is 14.3 Å². The molecular formula is C21H19NO3. The molecule has 0 saturated carbocycles. The van der Waals surface area contributed by atoms with Crippen LogP contribution in [0.3, 0.4) is 0 Å². The van der Waals surface area contributed by atoms with Crippen LogP contribution in [0.5, 0.6) is 5.75 Å². The number of ether oxygens (including phenoxy) is 2. The lowest BCUT2D eigenvalue weighted by Gasteiger charge is -2.12. The summed E-state index contributed by atoms with van der Waals surface area (Å²) in [5.41, 5.74) is 4.45. The van der Waals surface area contributed by atoms with Crippen LogP contribution >= 0.6 is 0 Å². The molecule has 0 spiro atoms. The van der Waals surface area contributed by atoms with Gasteiger partial charge in [0.25, 0.3) is 0 Å². The van der Waals surface area contributed by atoms with E-state index in [2.05, 4.69) is 4.98 Å². The first-order valence-corrected chi connectivity index (χ1v) is 7.98. The highest BCUT2D eigenvalue weighted by Gasteiger charge is 2.14. The number of esters is 1. The number of hydrogen-bond donors (Lipinski definition) is 0. The first kappa shape index (κ1) is 16.7. The van der Waals surface area contributed by atoms with Crippen LogP contribution < -0.4 is 4.74 Å². The fraction of sp³-hybridized carbons (Fsp3) is 0.143. The number of hydrogen-bond acceptors (Lipinski definition) is 4. The molecule has 0 bridgehead atoms. The van der Waals surface area contributed by atoms with E-state index in [-0.39, 0.29) is 5.97 Å². The first-order valence-electron chi connectivity index (χ1n) is 7.98. The molecule has 4 heteroatoms. The molecule has 126 valence electrons. The molecule has 0 N–H and O–H groups in total. The molecule has 1 heterocycles. The van der Waals surface area contributed by atoms with Gasteiger partial charge in [0.2, 0.25) is 0 Å². The second kappa shape index (κ2) is 7.62. The lowest BCUT2D eigenvalue weighted by molar-refractivity contribution is 0.0601. The Hall–Kier alpha value is -3.14. The topological polar surface area (TPSA) is 48.4 Å². The SMILES string of the molecule is COC(=O)c1ccc(COc2cccnc2)cc1-c1cccc(C)c1. The lowest BCUT2D eigenvalue weighted by atomic mass is 9.96. The third-order valence-corrected chi connectivity index (χ3v) is 3.86. The Bertz CT molecular complexity index is 875. The van der Waals surface area contributed by atoms with Gasteiger partial charge in [-0.1, -0.05) is 35.9 Å². The number of aryl methyl sites for hydroxylation is 1. The van der Waals surface area contributed by atoms with Crippen molar-refractivity contribution >= 4 is 5.97 Å². The summed E-state index contributed by atoms with van der Waals surface area (Å²) in [6, 6.07) is 17.4. The Balaban J connectivity index is 1.94. The zero-order valence-electron chi connectivity index (χ0n) is 14.2. The van der Waals surface area contributed by atoms with E-state index in [1.54, 1.807) is 18.5 Å². The smallest absolute Gasteiger partial charge is 0.338 e. The molecule has 0 aliphatic heterocycles. The van der Waals surface area contributed by atoms with Crippen molar-refractivity contribution in [3.63, 3.8) is 0 Å². The predicted molar refractivity (Wildman–Crippen MR) is 96.5 cm³/mol. The maximum absolute atomic E-state index is 12.1. The van der Waals surface area contributed by atoms with E-state index >= 15 is 0 Å². The summed E-state index contributed by atoms with van der Waals surface area (Å²) in [6.45, 7) is 2.42. The van der Waals surface area contributed by atoms with Gasteiger partial charge in [0, 0.05) is 6.20 Å². The first-order chi connectivity index (χ1) is 12.2. The summed E-state index contributed by atoms with van der Waals surface area (Å²) in [7, 11) is 1.39. The molecule has 0 unspecified atom stereocenters. The third-order valence-electron chi connectivity index (χ3n) is 3.86. The second-order valence-electron chi connectivity index (χ2n) is 5.72. The number of methoxy groups -OCH3 is 1. The van der Waals surface area contributed by atoms with Crippen LogP contribution in [-0.2, 0) is 11.3 Å². The van der Waals surface area contributed by atoms with Crippen LogP contribution in [0.15, 0.2) is 67.0 Å². The lowest BCUT2D eigenvalue weighted by Crippen LogP contribution is -2.05. The molecule has 0 saturated heterocycles. The Labute approximate surface area is 147 Å². The van der Waals surface area contributed by atoms with Crippen LogP contribution in [0.25, 0.3) is 11.1 Å². The van der Waals surface area contributed by atoms with Gasteiger partial charge >= 0.3 is 5.97 Å². The van der Waals surface area contributed by atoms with Crippen LogP contribution in [0.2, 0.25) is 0 Å². The minimum absolute atomic E-state index is 0.351. The molecular weight excluding hydrogens is 314 g/mol. The monoisotopic (exact) mass is 333 g/mol. The van der Waals surface area contributed by atoms with Crippen molar-refractivity contribution in [2.24, 2.45) is 0 Å². The summed E-state index contributed by atoms with van der Waals surface area (Å²) in [5, 5.41) is 0. The van der Waals surface area contributed by atoms with Crippen molar-refractivity contribution in [3.8, 4) is 16.9 Å². The van der Waals surface area contributed by atoms with Gasteiger partial charge in [0.15, 0.2) is 0 Å². The van der Waals surface area contributed by atoms with Crippen LogP contribution in [-0.4, -0.2) is 18.1 Å². The Morgan fingerprint density at radius 3 is 2.68 bits per heavy atom. The van der Waals surface area contributed by atoms with Crippen LogP contribution in [0.4, 0.5) is 0 Å². The molecule has 1 aromatic heterocycles. The molecule has 3 rings (SSSR count). The molecule has 0 aliphatic carbocycles. The average Bonchev–Trinajstić information content (AvgIpc) is 2.66. The summed E-state index contributed by atoms with van der Waals surface area (Å²) in [4.78, 5) is 16.2. The van der Waals surface area contributed by atoms with Gasteiger partial charge in [0.05, 0.1) is 18.9 Å². The average molecular weight is 333 g/mol. The standard InChI is InChI=1S/C21H19NO3/c1-15-5-3-6-17(11-15)20-12-16(8-9-19(20)21(23)24-2)14-25-18-7-4-10-22-13-18/h3-13H,14H2,1-2H3. The van der Waals surface area contributed by atoms with Gasteiger partial charge in [0.1, 0.15) is 12.4 Å². The highest BCUT2D eigenvalue weighted by Crippen LogP contribution is 2.27. The predicted octanol–water partition coefficient (Wildman–Crippen LogP) is 4.42. The summed E-state index contributed by atoms with van der Waals surface area (Å²) in [6.07, 6.45) is 3.37. The van der Waals surface area contributed by atoms with Crippen LogP contribution in [0, 0.1) is 6.92 Å². The molecule has 0 aliphatic rings. The highest BCUT2D eigenvalue weighted by molar-refractivity contribution is 5.97. The second-order valence-corrected chi connectivity index (χ2v) is 5.72. The number of rotatable bonds is 5. The quantitative estimate of drug-likeness (QED) is 0.648. The fourth-order valence-electron chi connectivity index (χ4n) is 2.62. The minimum atomic E-state index is -0.351. The van der Waals surface area contributed by atoms with Crippen molar-refractivity contribution in [1.29, 1.82) is 0 Å². The largest absolute Gasteiger partial charge is 0.487 e. The van der Waals surface area contributed by atoms with Gasteiger partial charge in [-0.3, -0.25) is 4.98 Å². The molecule has 0 fully saturated rings. The number of carbonyl (C=O) groups excluding carboxylic acids is 1. The van der Waals surface area contributed by atoms with Crippen molar-refractivity contribution in [1.82, 2.24) is 4.98 Å². The molecule has 0 atom stereocenters. The van der Waals surface area contributed by atoms with E-state index in [1.165, 1.54) is 7.11 Å². The van der Waals surface area contributed by atoms with E-state index in [0.29, 0.717) is 17.9 Å². The van der Waals surface area contributed by atoms with Gasteiger partial charge in [-0.2, -0.15) is 0 Å². The number of nitrogens with zero attached hydrogens (tertiary/aromatic N) is 1.